The second kappa shape index (κ2) is 9.19. The number of hydrogen-bond donors (Lipinski definition) is 1. The highest BCUT2D eigenvalue weighted by Crippen LogP contribution is 2.58. The van der Waals surface area contributed by atoms with Crippen molar-refractivity contribution in [1.29, 1.82) is 0 Å². The first-order valence-electron chi connectivity index (χ1n) is 11.0. The largest absolute Gasteiger partial charge is 0.457 e. The predicted molar refractivity (Wildman–Crippen MR) is 128 cm³/mol. The van der Waals surface area contributed by atoms with Crippen molar-refractivity contribution in [3.05, 3.63) is 126 Å². The van der Waals surface area contributed by atoms with Crippen molar-refractivity contribution in [1.82, 2.24) is 5.43 Å². The van der Waals surface area contributed by atoms with Crippen LogP contribution in [0.15, 0.2) is 113 Å². The van der Waals surface area contributed by atoms with Crippen molar-refractivity contribution in [2.45, 2.75) is 11.8 Å². The summed E-state index contributed by atoms with van der Waals surface area (Å²) in [6.07, 6.45) is 3.66. The van der Waals surface area contributed by atoms with Crippen LogP contribution in [0.2, 0.25) is 0 Å². The van der Waals surface area contributed by atoms with E-state index in [2.05, 4.69) is 34.8 Å². The summed E-state index contributed by atoms with van der Waals surface area (Å²) >= 11 is 0. The van der Waals surface area contributed by atoms with Crippen molar-refractivity contribution in [3.63, 3.8) is 0 Å². The van der Waals surface area contributed by atoms with Crippen LogP contribution in [0.1, 0.15) is 33.7 Å². The van der Waals surface area contributed by atoms with Gasteiger partial charge in [0.2, 0.25) is 11.7 Å². The van der Waals surface area contributed by atoms with Gasteiger partial charge in [0.1, 0.15) is 5.75 Å². The molecule has 0 spiro atoms. The van der Waals surface area contributed by atoms with E-state index < -0.39 is 5.97 Å². The van der Waals surface area contributed by atoms with Gasteiger partial charge < -0.3 is 9.15 Å². The zero-order valence-corrected chi connectivity index (χ0v) is 18.3. The number of carbonyl (C=O) groups is 2. The molecular weight excluding hydrogens is 428 g/mol. The fourth-order valence-corrected chi connectivity index (χ4v) is 4.31. The Hall–Kier alpha value is -4.45. The van der Waals surface area contributed by atoms with Crippen molar-refractivity contribution < 1.29 is 18.7 Å². The van der Waals surface area contributed by atoms with Crippen molar-refractivity contribution in [3.8, 4) is 5.75 Å². The molecule has 1 heterocycles. The number of rotatable bonds is 7. The molecule has 1 aliphatic rings. The van der Waals surface area contributed by atoms with Crippen LogP contribution in [0, 0.1) is 5.92 Å². The molecule has 0 saturated heterocycles. The second-order valence-corrected chi connectivity index (χ2v) is 8.13. The Kier molecular flexibility index (Phi) is 5.79. The maximum absolute atomic E-state index is 13.0. The average molecular weight is 450 g/mol. The standard InChI is InChI=1S/C28H22N2O4/c31-26(24-18-28(24,21-10-3-1-4-11-21)22-12-5-2-6-13-22)30-29-19-20-9-7-14-23(17-20)34-27(32)25-15-8-16-33-25/h1-17,19,24H,18H2,(H,30,31). The molecule has 6 nitrogen and oxygen atoms in total. The Labute approximate surface area is 196 Å². The molecular formula is C28H22N2O4. The van der Waals surface area contributed by atoms with Gasteiger partial charge in [0.15, 0.2) is 0 Å². The summed E-state index contributed by atoms with van der Waals surface area (Å²) < 4.78 is 10.4. The smallest absolute Gasteiger partial charge is 0.379 e. The van der Waals surface area contributed by atoms with Gasteiger partial charge in [0, 0.05) is 5.41 Å². The van der Waals surface area contributed by atoms with Crippen LogP contribution < -0.4 is 10.2 Å². The lowest BCUT2D eigenvalue weighted by atomic mass is 9.85. The minimum Gasteiger partial charge on any atom is -0.457 e. The van der Waals surface area contributed by atoms with E-state index in [1.807, 2.05) is 36.4 Å². The lowest BCUT2D eigenvalue weighted by Gasteiger charge is -2.18. The predicted octanol–water partition coefficient (Wildman–Crippen LogP) is 4.96. The molecule has 6 heteroatoms. The third-order valence-electron chi connectivity index (χ3n) is 6.03. The normalized spacial score (nSPS) is 16.2. The summed E-state index contributed by atoms with van der Waals surface area (Å²) in [7, 11) is 0. The number of amides is 1. The number of furan rings is 1. The summed E-state index contributed by atoms with van der Waals surface area (Å²) in [6, 6.07) is 30.2. The number of carbonyl (C=O) groups excluding carboxylic acids is 2. The molecule has 4 aromatic rings. The molecule has 1 amide bonds. The fourth-order valence-electron chi connectivity index (χ4n) is 4.31. The monoisotopic (exact) mass is 450 g/mol. The first-order valence-corrected chi connectivity index (χ1v) is 11.0. The quantitative estimate of drug-likeness (QED) is 0.187. The molecule has 1 saturated carbocycles. The minimum absolute atomic E-state index is 0.121. The van der Waals surface area contributed by atoms with Crippen LogP contribution in [-0.4, -0.2) is 18.1 Å². The summed E-state index contributed by atoms with van der Waals surface area (Å²) in [5, 5.41) is 4.14. The Morgan fingerprint density at radius 2 is 1.62 bits per heavy atom. The molecule has 1 atom stereocenters. The Morgan fingerprint density at radius 3 is 2.26 bits per heavy atom. The molecule has 0 bridgehead atoms. The lowest BCUT2D eigenvalue weighted by molar-refractivity contribution is -0.122. The zero-order chi connectivity index (χ0) is 23.4. The van der Waals surface area contributed by atoms with E-state index in [0.29, 0.717) is 11.3 Å². The SMILES string of the molecule is O=C(Oc1cccc(C=NNC(=O)C2CC2(c2ccccc2)c2ccccc2)c1)c1ccco1. The minimum atomic E-state index is -0.584. The summed E-state index contributed by atoms with van der Waals surface area (Å²) in [4.78, 5) is 25.1. The third kappa shape index (κ3) is 4.26. The molecule has 0 radical (unpaired) electrons. The van der Waals surface area contributed by atoms with E-state index in [9.17, 15) is 9.59 Å². The molecule has 0 aliphatic heterocycles. The number of esters is 1. The van der Waals surface area contributed by atoms with Crippen LogP contribution in [0.4, 0.5) is 0 Å². The fraction of sp³-hybridized carbons (Fsp3) is 0.107. The van der Waals surface area contributed by atoms with Crippen LogP contribution in [-0.2, 0) is 10.2 Å². The van der Waals surface area contributed by atoms with E-state index in [0.717, 1.165) is 17.5 Å². The molecule has 34 heavy (non-hydrogen) atoms. The highest BCUT2D eigenvalue weighted by Gasteiger charge is 2.60. The van der Waals surface area contributed by atoms with Crippen molar-refractivity contribution in [2.24, 2.45) is 11.0 Å². The number of ether oxygens (including phenoxy) is 1. The maximum Gasteiger partial charge on any atom is 0.379 e. The molecule has 1 unspecified atom stereocenters. The summed E-state index contributed by atoms with van der Waals surface area (Å²) in [6.45, 7) is 0. The topological polar surface area (TPSA) is 80.9 Å². The Bertz CT molecular complexity index is 1280. The third-order valence-corrected chi connectivity index (χ3v) is 6.03. The Balaban J connectivity index is 1.27. The average Bonchev–Trinajstić information content (AvgIpc) is 3.40. The van der Waals surface area contributed by atoms with Gasteiger partial charge in [-0.1, -0.05) is 72.8 Å². The van der Waals surface area contributed by atoms with E-state index >= 15 is 0 Å². The number of nitrogens with one attached hydrogen (secondary N) is 1. The number of benzene rings is 3. The number of hydrogen-bond acceptors (Lipinski definition) is 5. The van der Waals surface area contributed by atoms with Gasteiger partial charge in [-0.05, 0) is 47.4 Å². The highest BCUT2D eigenvalue weighted by atomic mass is 16.5. The summed E-state index contributed by atoms with van der Waals surface area (Å²) in [5.41, 5.74) is 5.25. The molecule has 168 valence electrons. The van der Waals surface area contributed by atoms with Gasteiger partial charge >= 0.3 is 5.97 Å². The van der Waals surface area contributed by atoms with Crippen LogP contribution in [0.25, 0.3) is 0 Å². The van der Waals surface area contributed by atoms with Crippen molar-refractivity contribution >= 4 is 18.1 Å². The van der Waals surface area contributed by atoms with Crippen LogP contribution >= 0.6 is 0 Å². The van der Waals surface area contributed by atoms with Crippen molar-refractivity contribution in [2.75, 3.05) is 0 Å². The van der Waals surface area contributed by atoms with Gasteiger partial charge in [0.05, 0.1) is 18.4 Å². The molecule has 1 aliphatic carbocycles. The van der Waals surface area contributed by atoms with Crippen LogP contribution in [0.3, 0.4) is 0 Å². The maximum atomic E-state index is 13.0. The second-order valence-electron chi connectivity index (χ2n) is 8.13. The Morgan fingerprint density at radius 1 is 0.912 bits per heavy atom. The van der Waals surface area contributed by atoms with E-state index in [1.54, 1.807) is 30.3 Å². The van der Waals surface area contributed by atoms with E-state index in [-0.39, 0.29) is 23.0 Å². The van der Waals surface area contributed by atoms with E-state index in [4.69, 9.17) is 9.15 Å². The number of nitrogens with zero attached hydrogens (tertiary/aromatic N) is 1. The summed E-state index contributed by atoms with van der Waals surface area (Å²) in [5.74, 6) is -0.458. The molecule has 1 N–H and O–H groups in total. The zero-order valence-electron chi connectivity index (χ0n) is 18.3. The first-order chi connectivity index (χ1) is 16.7. The van der Waals surface area contributed by atoms with Gasteiger partial charge in [-0.2, -0.15) is 5.10 Å². The molecule has 3 aromatic carbocycles. The van der Waals surface area contributed by atoms with Crippen LogP contribution in [0.5, 0.6) is 5.75 Å². The first kappa shape index (κ1) is 21.4. The molecule has 5 rings (SSSR count). The van der Waals surface area contributed by atoms with Gasteiger partial charge in [-0.3, -0.25) is 4.79 Å². The lowest BCUT2D eigenvalue weighted by Crippen LogP contribution is -2.25. The van der Waals surface area contributed by atoms with Gasteiger partial charge in [0.25, 0.3) is 0 Å². The number of hydrazone groups is 1. The van der Waals surface area contributed by atoms with Gasteiger partial charge in [-0.25, -0.2) is 10.2 Å². The van der Waals surface area contributed by atoms with Gasteiger partial charge in [-0.15, -0.1) is 0 Å². The van der Waals surface area contributed by atoms with E-state index in [1.165, 1.54) is 18.5 Å². The highest BCUT2D eigenvalue weighted by molar-refractivity contribution is 5.89. The molecule has 1 aromatic heterocycles. The molecule has 1 fully saturated rings.